The van der Waals surface area contributed by atoms with Crippen molar-refractivity contribution in [3.63, 3.8) is 0 Å². The molecule has 0 aliphatic heterocycles. The van der Waals surface area contributed by atoms with Gasteiger partial charge in [0.15, 0.2) is 0 Å². The highest BCUT2D eigenvalue weighted by Gasteiger charge is 2.10. The predicted octanol–water partition coefficient (Wildman–Crippen LogP) is 2.41. The molecule has 23 heavy (non-hydrogen) atoms. The molecule has 0 aromatic heterocycles. The average Bonchev–Trinajstić information content (AvgIpc) is 2.58. The molecule has 0 atom stereocenters. The number of rotatable bonds is 7. The summed E-state index contributed by atoms with van der Waals surface area (Å²) in [5.41, 5.74) is 0.117. The fourth-order valence-corrected chi connectivity index (χ4v) is 1.89. The van der Waals surface area contributed by atoms with Crippen LogP contribution in [0.3, 0.4) is 0 Å². The lowest BCUT2D eigenvalue weighted by Gasteiger charge is -2.09. The van der Waals surface area contributed by atoms with Crippen LogP contribution in [0.4, 0.5) is 5.69 Å². The van der Waals surface area contributed by atoms with Crippen molar-refractivity contribution in [2.75, 3.05) is 20.3 Å². The van der Waals surface area contributed by atoms with Crippen molar-refractivity contribution in [1.29, 1.82) is 0 Å². The van der Waals surface area contributed by atoms with Gasteiger partial charge in [0, 0.05) is 23.8 Å². The Kier molecular flexibility index (Phi) is 5.51. The topological polar surface area (TPSA) is 90.7 Å². The normalized spacial score (nSPS) is 9.96. The minimum atomic E-state index is -0.539. The molecule has 2 aromatic rings. The Balaban J connectivity index is 1.82. The molecule has 0 saturated carbocycles. The van der Waals surface area contributed by atoms with Crippen LogP contribution in [0.25, 0.3) is 0 Å². The number of carbonyl (C=O) groups is 1. The van der Waals surface area contributed by atoms with Crippen molar-refractivity contribution < 1.29 is 19.2 Å². The lowest BCUT2D eigenvalue weighted by atomic mass is 10.2. The fraction of sp³-hybridized carbons (Fsp3) is 0.188. The molecule has 7 heteroatoms. The van der Waals surface area contributed by atoms with Gasteiger partial charge in [0.05, 0.1) is 18.6 Å². The van der Waals surface area contributed by atoms with Crippen molar-refractivity contribution in [2.45, 2.75) is 0 Å². The van der Waals surface area contributed by atoms with Gasteiger partial charge in [-0.1, -0.05) is 12.1 Å². The lowest BCUT2D eigenvalue weighted by Crippen LogP contribution is -2.28. The number of nitro groups is 1. The van der Waals surface area contributed by atoms with E-state index in [1.165, 1.54) is 24.3 Å². The molecule has 0 aliphatic carbocycles. The van der Waals surface area contributed by atoms with Gasteiger partial charge in [-0.05, 0) is 18.2 Å². The van der Waals surface area contributed by atoms with Crippen molar-refractivity contribution >= 4 is 11.6 Å². The highest BCUT2D eigenvalue weighted by atomic mass is 16.6. The standard InChI is InChI=1S/C16H16N2O5/c1-22-14-6-3-7-15(11-14)23-9-8-17-16(19)12-4-2-5-13(10-12)18(20)21/h2-7,10-11H,8-9H2,1H3,(H,17,19). The minimum absolute atomic E-state index is 0.120. The van der Waals surface area contributed by atoms with Crippen LogP contribution in [0.5, 0.6) is 11.5 Å². The molecular weight excluding hydrogens is 300 g/mol. The van der Waals surface area contributed by atoms with Crippen molar-refractivity contribution in [3.05, 3.63) is 64.2 Å². The summed E-state index contributed by atoms with van der Waals surface area (Å²) in [5.74, 6) is 0.931. The molecule has 0 spiro atoms. The number of nitrogens with one attached hydrogen (secondary N) is 1. The van der Waals surface area contributed by atoms with Crippen molar-refractivity contribution in [2.24, 2.45) is 0 Å². The summed E-state index contributed by atoms with van der Waals surface area (Å²) < 4.78 is 10.6. The van der Waals surface area contributed by atoms with Crippen LogP contribution in [0.15, 0.2) is 48.5 Å². The Bertz CT molecular complexity index is 702. The maximum Gasteiger partial charge on any atom is 0.270 e. The molecule has 2 aromatic carbocycles. The maximum absolute atomic E-state index is 11.9. The molecule has 0 bridgehead atoms. The first-order chi connectivity index (χ1) is 11.1. The number of non-ortho nitro benzene ring substituents is 1. The van der Waals surface area contributed by atoms with Gasteiger partial charge in [-0.2, -0.15) is 0 Å². The zero-order valence-corrected chi connectivity index (χ0v) is 12.5. The smallest absolute Gasteiger partial charge is 0.270 e. The summed E-state index contributed by atoms with van der Waals surface area (Å²) in [5, 5.41) is 13.3. The molecule has 0 aliphatic rings. The number of carbonyl (C=O) groups excluding carboxylic acids is 1. The zero-order chi connectivity index (χ0) is 16.7. The summed E-state index contributed by atoms with van der Waals surface area (Å²) in [6.07, 6.45) is 0. The Morgan fingerprint density at radius 2 is 1.91 bits per heavy atom. The Labute approximate surface area is 133 Å². The van der Waals surface area contributed by atoms with Crippen LogP contribution in [-0.4, -0.2) is 31.1 Å². The molecule has 0 fully saturated rings. The van der Waals surface area contributed by atoms with Gasteiger partial charge < -0.3 is 14.8 Å². The second kappa shape index (κ2) is 7.79. The van der Waals surface area contributed by atoms with Crippen LogP contribution in [0.2, 0.25) is 0 Å². The van der Waals surface area contributed by atoms with Crippen LogP contribution in [-0.2, 0) is 0 Å². The van der Waals surface area contributed by atoms with Gasteiger partial charge in [0.1, 0.15) is 18.1 Å². The molecular formula is C16H16N2O5. The molecule has 0 heterocycles. The first kappa shape index (κ1) is 16.3. The summed E-state index contributed by atoms with van der Waals surface area (Å²) in [6.45, 7) is 0.548. The largest absolute Gasteiger partial charge is 0.497 e. The molecule has 1 amide bonds. The van der Waals surface area contributed by atoms with E-state index in [2.05, 4.69) is 5.32 Å². The number of methoxy groups -OCH3 is 1. The number of hydrogen-bond donors (Lipinski definition) is 1. The van der Waals surface area contributed by atoms with Gasteiger partial charge >= 0.3 is 0 Å². The SMILES string of the molecule is COc1cccc(OCCNC(=O)c2cccc([N+](=O)[O-])c2)c1. The van der Waals surface area contributed by atoms with E-state index in [-0.39, 0.29) is 30.3 Å². The highest BCUT2D eigenvalue weighted by Crippen LogP contribution is 2.18. The third-order valence-corrected chi connectivity index (χ3v) is 3.02. The van der Waals surface area contributed by atoms with E-state index in [4.69, 9.17) is 9.47 Å². The molecule has 7 nitrogen and oxygen atoms in total. The first-order valence-corrected chi connectivity index (χ1v) is 6.89. The summed E-state index contributed by atoms with van der Waals surface area (Å²) in [4.78, 5) is 22.1. The fourth-order valence-electron chi connectivity index (χ4n) is 1.89. The predicted molar refractivity (Wildman–Crippen MR) is 83.9 cm³/mol. The van der Waals surface area contributed by atoms with Crippen molar-refractivity contribution in [3.8, 4) is 11.5 Å². The number of nitro benzene ring substituents is 1. The second-order valence-electron chi connectivity index (χ2n) is 4.59. The summed E-state index contributed by atoms with van der Waals surface area (Å²) in [6, 6.07) is 12.7. The number of ether oxygens (including phenoxy) is 2. The van der Waals surface area contributed by atoms with Gasteiger partial charge in [0.25, 0.3) is 11.6 Å². The van der Waals surface area contributed by atoms with Crippen LogP contribution < -0.4 is 14.8 Å². The highest BCUT2D eigenvalue weighted by molar-refractivity contribution is 5.94. The van der Waals surface area contributed by atoms with E-state index >= 15 is 0 Å². The molecule has 0 radical (unpaired) electrons. The van der Waals surface area contributed by atoms with Crippen LogP contribution in [0.1, 0.15) is 10.4 Å². The van der Waals surface area contributed by atoms with Gasteiger partial charge in [-0.25, -0.2) is 0 Å². The molecule has 0 saturated heterocycles. The molecule has 120 valence electrons. The molecule has 2 rings (SSSR count). The van der Waals surface area contributed by atoms with Gasteiger partial charge in [-0.15, -0.1) is 0 Å². The monoisotopic (exact) mass is 316 g/mol. The number of benzene rings is 2. The zero-order valence-electron chi connectivity index (χ0n) is 12.5. The van der Waals surface area contributed by atoms with Crippen LogP contribution >= 0.6 is 0 Å². The van der Waals surface area contributed by atoms with E-state index in [0.717, 1.165) is 0 Å². The summed E-state index contributed by atoms with van der Waals surface area (Å²) >= 11 is 0. The quantitative estimate of drug-likeness (QED) is 0.481. The number of hydrogen-bond acceptors (Lipinski definition) is 5. The molecule has 0 unspecified atom stereocenters. The Morgan fingerprint density at radius 3 is 2.65 bits per heavy atom. The Morgan fingerprint density at radius 1 is 1.17 bits per heavy atom. The average molecular weight is 316 g/mol. The van der Waals surface area contributed by atoms with Gasteiger partial charge in [-0.3, -0.25) is 14.9 Å². The third-order valence-electron chi connectivity index (χ3n) is 3.02. The number of nitrogens with zero attached hydrogens (tertiary/aromatic N) is 1. The minimum Gasteiger partial charge on any atom is -0.497 e. The van der Waals surface area contributed by atoms with Crippen molar-refractivity contribution in [1.82, 2.24) is 5.32 Å². The summed E-state index contributed by atoms with van der Waals surface area (Å²) in [7, 11) is 1.57. The number of amides is 1. The second-order valence-corrected chi connectivity index (χ2v) is 4.59. The lowest BCUT2D eigenvalue weighted by molar-refractivity contribution is -0.384. The third kappa shape index (κ3) is 4.70. The Hall–Kier alpha value is -3.09. The first-order valence-electron chi connectivity index (χ1n) is 6.89. The maximum atomic E-state index is 11.9. The van der Waals surface area contributed by atoms with Gasteiger partial charge in [0.2, 0.25) is 0 Å². The van der Waals surface area contributed by atoms with E-state index in [9.17, 15) is 14.9 Å². The molecule has 1 N–H and O–H groups in total. The van der Waals surface area contributed by atoms with E-state index in [1.807, 2.05) is 0 Å². The van der Waals surface area contributed by atoms with E-state index in [1.54, 1.807) is 31.4 Å². The van der Waals surface area contributed by atoms with E-state index < -0.39 is 4.92 Å². The van der Waals surface area contributed by atoms with Crippen LogP contribution in [0, 0.1) is 10.1 Å². The van der Waals surface area contributed by atoms with E-state index in [0.29, 0.717) is 11.5 Å².